The number of hydrogen-bond acceptors (Lipinski definition) is 3. The van der Waals surface area contributed by atoms with Gasteiger partial charge in [-0.1, -0.05) is 6.42 Å². The summed E-state index contributed by atoms with van der Waals surface area (Å²) in [6.45, 7) is 0. The molecule has 1 aliphatic rings. The van der Waals surface area contributed by atoms with Gasteiger partial charge >= 0.3 is 6.18 Å². The number of aromatic nitrogens is 1. The molecule has 0 bridgehead atoms. The molecule has 2 N–H and O–H groups in total. The van der Waals surface area contributed by atoms with Crippen LogP contribution in [-0.4, -0.2) is 11.0 Å². The molecule has 2 aromatic rings. The summed E-state index contributed by atoms with van der Waals surface area (Å²) >= 11 is 1.46. The summed E-state index contributed by atoms with van der Waals surface area (Å²) in [7, 11) is 0. The molecule has 1 heterocycles. The lowest BCUT2D eigenvalue weighted by molar-refractivity contribution is -0.137. The molecular weight excluding hydrogens is 273 g/mol. The highest BCUT2D eigenvalue weighted by Gasteiger charge is 2.32. The van der Waals surface area contributed by atoms with Gasteiger partial charge in [-0.05, 0) is 31.0 Å². The molecule has 1 fully saturated rings. The van der Waals surface area contributed by atoms with Crippen LogP contribution < -0.4 is 5.73 Å². The van der Waals surface area contributed by atoms with E-state index >= 15 is 0 Å². The highest BCUT2D eigenvalue weighted by Crippen LogP contribution is 2.39. The lowest BCUT2D eigenvalue weighted by Crippen LogP contribution is -2.22. The van der Waals surface area contributed by atoms with Crippen LogP contribution >= 0.6 is 11.3 Å². The molecule has 2 nitrogen and oxygen atoms in total. The van der Waals surface area contributed by atoms with Crippen molar-refractivity contribution in [3.05, 3.63) is 28.8 Å². The Balaban J connectivity index is 2.01. The number of halogens is 3. The Morgan fingerprint density at radius 3 is 2.68 bits per heavy atom. The van der Waals surface area contributed by atoms with E-state index < -0.39 is 11.7 Å². The van der Waals surface area contributed by atoms with Crippen LogP contribution in [0, 0.1) is 0 Å². The highest BCUT2D eigenvalue weighted by atomic mass is 32.1. The standard InChI is InChI=1S/C13H13F3N2S/c14-13(15,16)7-4-5-11-10(6-7)18-12(19-11)8-2-1-3-9(8)17/h4-6,8-9H,1-3,17H2. The SMILES string of the molecule is NC1CCCC1c1nc2cc(C(F)(F)F)ccc2s1. The van der Waals surface area contributed by atoms with Crippen molar-refractivity contribution in [2.75, 3.05) is 0 Å². The molecule has 1 aliphatic carbocycles. The molecule has 1 aromatic heterocycles. The molecule has 19 heavy (non-hydrogen) atoms. The molecule has 0 radical (unpaired) electrons. The molecule has 6 heteroatoms. The topological polar surface area (TPSA) is 38.9 Å². The third-order valence-corrected chi connectivity index (χ3v) is 4.79. The maximum absolute atomic E-state index is 12.6. The minimum Gasteiger partial charge on any atom is -0.327 e. The second-order valence-electron chi connectivity index (χ2n) is 4.93. The van der Waals surface area contributed by atoms with Crippen LogP contribution in [0.1, 0.15) is 35.8 Å². The molecule has 1 aromatic carbocycles. The summed E-state index contributed by atoms with van der Waals surface area (Å²) in [6.07, 6.45) is -1.31. The number of nitrogens with zero attached hydrogens (tertiary/aromatic N) is 1. The Kier molecular flexibility index (Phi) is 3.02. The van der Waals surface area contributed by atoms with Crippen LogP contribution in [0.3, 0.4) is 0 Å². The highest BCUT2D eigenvalue weighted by molar-refractivity contribution is 7.18. The Morgan fingerprint density at radius 1 is 1.26 bits per heavy atom. The first-order valence-electron chi connectivity index (χ1n) is 6.18. The first kappa shape index (κ1) is 12.9. The van der Waals surface area contributed by atoms with Gasteiger partial charge in [0, 0.05) is 12.0 Å². The summed E-state index contributed by atoms with van der Waals surface area (Å²) < 4.78 is 38.7. The summed E-state index contributed by atoms with van der Waals surface area (Å²) in [4.78, 5) is 4.36. The van der Waals surface area contributed by atoms with Crippen LogP contribution in [0.4, 0.5) is 13.2 Å². The molecule has 0 saturated heterocycles. The van der Waals surface area contributed by atoms with Crippen LogP contribution in [0.5, 0.6) is 0 Å². The zero-order valence-electron chi connectivity index (χ0n) is 10.1. The molecule has 3 rings (SSSR count). The lowest BCUT2D eigenvalue weighted by atomic mass is 10.1. The van der Waals surface area contributed by atoms with Crippen molar-refractivity contribution in [2.24, 2.45) is 5.73 Å². The Labute approximate surface area is 112 Å². The average Bonchev–Trinajstić information content (AvgIpc) is 2.91. The second-order valence-corrected chi connectivity index (χ2v) is 6.00. The summed E-state index contributed by atoms with van der Waals surface area (Å²) in [5.41, 5.74) is 5.80. The maximum Gasteiger partial charge on any atom is 0.416 e. The Morgan fingerprint density at radius 2 is 2.05 bits per heavy atom. The van der Waals surface area contributed by atoms with Crippen molar-refractivity contribution < 1.29 is 13.2 Å². The molecule has 2 unspecified atom stereocenters. The molecule has 0 spiro atoms. The van der Waals surface area contributed by atoms with E-state index in [1.54, 1.807) is 0 Å². The fraction of sp³-hybridized carbons (Fsp3) is 0.462. The van der Waals surface area contributed by atoms with Gasteiger partial charge in [-0.2, -0.15) is 13.2 Å². The molecule has 102 valence electrons. The number of alkyl halides is 3. The number of rotatable bonds is 1. The molecular formula is C13H13F3N2S. The molecule has 0 aliphatic heterocycles. The van der Waals surface area contributed by atoms with Crippen molar-refractivity contribution in [1.29, 1.82) is 0 Å². The summed E-state index contributed by atoms with van der Waals surface area (Å²) in [5, 5.41) is 0.874. The van der Waals surface area contributed by atoms with Gasteiger partial charge in [0.2, 0.25) is 0 Å². The van der Waals surface area contributed by atoms with Gasteiger partial charge in [-0.15, -0.1) is 11.3 Å². The van der Waals surface area contributed by atoms with Gasteiger partial charge in [0.1, 0.15) is 0 Å². The Bertz CT molecular complexity index is 605. The van der Waals surface area contributed by atoms with E-state index in [0.29, 0.717) is 5.52 Å². The summed E-state index contributed by atoms with van der Waals surface area (Å²) in [6, 6.07) is 3.82. The zero-order chi connectivity index (χ0) is 13.6. The van der Waals surface area contributed by atoms with E-state index in [9.17, 15) is 13.2 Å². The van der Waals surface area contributed by atoms with Gasteiger partial charge in [0.05, 0.1) is 20.8 Å². The normalized spacial score (nSPS) is 24.2. The second kappa shape index (κ2) is 4.45. The molecule has 0 amide bonds. The van der Waals surface area contributed by atoms with Crippen molar-refractivity contribution >= 4 is 21.6 Å². The van der Waals surface area contributed by atoms with E-state index in [1.165, 1.54) is 17.4 Å². The number of nitrogens with two attached hydrogens (primary N) is 1. The van der Waals surface area contributed by atoms with Crippen LogP contribution in [0.15, 0.2) is 18.2 Å². The monoisotopic (exact) mass is 286 g/mol. The van der Waals surface area contributed by atoms with E-state index in [0.717, 1.165) is 41.1 Å². The predicted molar refractivity (Wildman–Crippen MR) is 69.2 cm³/mol. The van der Waals surface area contributed by atoms with Crippen LogP contribution in [-0.2, 0) is 6.18 Å². The lowest BCUT2D eigenvalue weighted by Gasteiger charge is -2.10. The van der Waals surface area contributed by atoms with Crippen LogP contribution in [0.2, 0.25) is 0 Å². The minimum absolute atomic E-state index is 0.0858. The van der Waals surface area contributed by atoms with Crippen molar-refractivity contribution in [1.82, 2.24) is 4.98 Å². The Hall–Kier alpha value is -1.14. The van der Waals surface area contributed by atoms with Gasteiger partial charge in [0.25, 0.3) is 0 Å². The number of fused-ring (bicyclic) bond motifs is 1. The first-order chi connectivity index (χ1) is 8.95. The van der Waals surface area contributed by atoms with E-state index in [2.05, 4.69) is 4.98 Å². The third-order valence-electron chi connectivity index (χ3n) is 3.62. The largest absolute Gasteiger partial charge is 0.416 e. The van der Waals surface area contributed by atoms with Gasteiger partial charge < -0.3 is 5.73 Å². The van der Waals surface area contributed by atoms with Gasteiger partial charge in [-0.3, -0.25) is 0 Å². The maximum atomic E-state index is 12.6. The van der Waals surface area contributed by atoms with Gasteiger partial charge in [-0.25, -0.2) is 4.98 Å². The third kappa shape index (κ3) is 2.34. The predicted octanol–water partition coefficient (Wildman–Crippen LogP) is 3.91. The molecule has 2 atom stereocenters. The van der Waals surface area contributed by atoms with E-state index in [1.807, 2.05) is 0 Å². The fourth-order valence-corrected chi connectivity index (χ4v) is 3.73. The van der Waals surface area contributed by atoms with Gasteiger partial charge in [0.15, 0.2) is 0 Å². The molecule has 1 saturated carbocycles. The quantitative estimate of drug-likeness (QED) is 0.863. The fourth-order valence-electron chi connectivity index (χ4n) is 2.58. The smallest absolute Gasteiger partial charge is 0.327 e. The van der Waals surface area contributed by atoms with Crippen LogP contribution in [0.25, 0.3) is 10.2 Å². The zero-order valence-corrected chi connectivity index (χ0v) is 10.9. The minimum atomic E-state index is -4.32. The van der Waals surface area contributed by atoms with Crippen molar-refractivity contribution in [2.45, 2.75) is 37.4 Å². The number of benzene rings is 1. The average molecular weight is 286 g/mol. The van der Waals surface area contributed by atoms with Crippen molar-refractivity contribution in [3.63, 3.8) is 0 Å². The van der Waals surface area contributed by atoms with E-state index in [-0.39, 0.29) is 12.0 Å². The van der Waals surface area contributed by atoms with E-state index in [4.69, 9.17) is 5.73 Å². The number of hydrogen-bond donors (Lipinski definition) is 1. The number of thiazole rings is 1. The summed E-state index contributed by atoms with van der Waals surface area (Å²) in [5.74, 6) is 0.201. The first-order valence-corrected chi connectivity index (χ1v) is 7.00. The van der Waals surface area contributed by atoms with Crippen molar-refractivity contribution in [3.8, 4) is 0 Å².